The third-order valence-electron chi connectivity index (χ3n) is 7.19. The normalized spacial score (nSPS) is 18.3. The van der Waals surface area contributed by atoms with Crippen LogP contribution in [0.2, 0.25) is 0 Å². The van der Waals surface area contributed by atoms with E-state index in [0.29, 0.717) is 30.3 Å². The Morgan fingerprint density at radius 2 is 1.76 bits per heavy atom. The molecule has 0 bridgehead atoms. The molecule has 2 aliphatic rings. The van der Waals surface area contributed by atoms with Crippen LogP contribution in [0, 0.1) is 0 Å². The molecular weight excluding hydrogens is 555 g/mol. The van der Waals surface area contributed by atoms with Crippen LogP contribution in [0.1, 0.15) is 29.8 Å². The van der Waals surface area contributed by atoms with Crippen molar-refractivity contribution < 1.29 is 38.6 Å². The highest BCUT2D eigenvalue weighted by Gasteiger charge is 2.31. The standard InChI is InChI=1S/C26H35N6O8P/c1-40-19-9-10-32(17-19)22-16-21(27-23(29-22)18-6-3-2-4-7-18)24(33)28-20(8-5-15-41(37,38)39)25(34)30-11-13-31(14-12-30)26(35)36/h2-4,6-7,16,19-20H,5,8-15,17H2,1H3,(H,28,33)(H,35,36)(H2,37,38,39)/t19-,20+/m0/s1. The summed E-state index contributed by atoms with van der Waals surface area (Å²) in [7, 11) is -2.66. The molecule has 0 aliphatic carbocycles. The smallest absolute Gasteiger partial charge is 0.407 e. The molecule has 1 aromatic carbocycles. The number of carbonyl (C=O) groups excluding carboxylic acids is 2. The number of amides is 3. The van der Waals surface area contributed by atoms with E-state index in [2.05, 4.69) is 15.3 Å². The number of benzene rings is 1. The average molecular weight is 591 g/mol. The molecule has 0 spiro atoms. The molecular formula is C26H35N6O8P. The zero-order valence-electron chi connectivity index (χ0n) is 22.8. The van der Waals surface area contributed by atoms with E-state index < -0.39 is 37.7 Å². The van der Waals surface area contributed by atoms with E-state index in [1.807, 2.05) is 35.2 Å². The van der Waals surface area contributed by atoms with Gasteiger partial charge in [-0.05, 0) is 19.3 Å². The first kappa shape index (κ1) is 30.4. The van der Waals surface area contributed by atoms with Crippen molar-refractivity contribution in [3.63, 3.8) is 0 Å². The number of rotatable bonds is 10. The lowest BCUT2D eigenvalue weighted by atomic mass is 10.1. The van der Waals surface area contributed by atoms with Gasteiger partial charge in [-0.3, -0.25) is 14.2 Å². The highest BCUT2D eigenvalue weighted by Crippen LogP contribution is 2.35. The van der Waals surface area contributed by atoms with E-state index in [4.69, 9.17) is 4.74 Å². The Morgan fingerprint density at radius 3 is 2.37 bits per heavy atom. The van der Waals surface area contributed by atoms with E-state index in [9.17, 15) is 33.8 Å². The van der Waals surface area contributed by atoms with E-state index in [-0.39, 0.29) is 50.8 Å². The molecule has 41 heavy (non-hydrogen) atoms. The van der Waals surface area contributed by atoms with Crippen molar-refractivity contribution >= 4 is 31.3 Å². The van der Waals surface area contributed by atoms with Crippen molar-refractivity contribution in [1.29, 1.82) is 0 Å². The lowest BCUT2D eigenvalue weighted by Gasteiger charge is -2.35. The largest absolute Gasteiger partial charge is 0.465 e. The maximum Gasteiger partial charge on any atom is 0.407 e. The molecule has 3 heterocycles. The Balaban J connectivity index is 1.58. The first-order valence-electron chi connectivity index (χ1n) is 13.4. The van der Waals surface area contributed by atoms with Crippen LogP contribution in [0.4, 0.5) is 10.6 Å². The summed E-state index contributed by atoms with van der Waals surface area (Å²) in [5.41, 5.74) is 0.745. The number of anilines is 1. The summed E-state index contributed by atoms with van der Waals surface area (Å²) in [6.45, 7) is 1.80. The van der Waals surface area contributed by atoms with Gasteiger partial charge in [0.2, 0.25) is 5.91 Å². The number of nitrogens with one attached hydrogen (secondary N) is 1. The van der Waals surface area contributed by atoms with Gasteiger partial charge in [0, 0.05) is 64.2 Å². The molecule has 222 valence electrons. The summed E-state index contributed by atoms with van der Waals surface area (Å²) in [5, 5.41) is 11.9. The van der Waals surface area contributed by atoms with Crippen LogP contribution in [0.25, 0.3) is 11.4 Å². The SMILES string of the molecule is CO[C@H]1CCN(c2cc(C(=O)N[C@H](CCCP(=O)(O)O)C(=O)N3CCN(C(=O)O)CC3)nc(-c3ccccc3)n2)C1. The van der Waals surface area contributed by atoms with Crippen molar-refractivity contribution in [2.24, 2.45) is 0 Å². The van der Waals surface area contributed by atoms with Crippen LogP contribution in [0.5, 0.6) is 0 Å². The van der Waals surface area contributed by atoms with Gasteiger partial charge in [0.15, 0.2) is 5.82 Å². The van der Waals surface area contributed by atoms with Gasteiger partial charge >= 0.3 is 13.7 Å². The Bertz CT molecular complexity index is 1280. The van der Waals surface area contributed by atoms with Crippen LogP contribution in [0.3, 0.4) is 0 Å². The fourth-order valence-electron chi connectivity index (χ4n) is 4.89. The molecule has 0 unspecified atom stereocenters. The first-order valence-corrected chi connectivity index (χ1v) is 15.2. The number of nitrogens with zero attached hydrogens (tertiary/aromatic N) is 5. The number of ether oxygens (including phenoxy) is 1. The molecule has 15 heteroatoms. The van der Waals surface area contributed by atoms with Gasteiger partial charge < -0.3 is 39.6 Å². The minimum absolute atomic E-state index is 0.00741. The summed E-state index contributed by atoms with van der Waals surface area (Å²) in [5.74, 6) is -0.206. The van der Waals surface area contributed by atoms with Crippen LogP contribution < -0.4 is 10.2 Å². The lowest BCUT2D eigenvalue weighted by Crippen LogP contribution is -2.55. The summed E-state index contributed by atoms with van der Waals surface area (Å²) >= 11 is 0. The molecule has 2 fully saturated rings. The molecule has 0 saturated carbocycles. The number of hydrogen-bond donors (Lipinski definition) is 4. The molecule has 14 nitrogen and oxygen atoms in total. The quantitative estimate of drug-likeness (QED) is 0.292. The molecule has 3 amide bonds. The Morgan fingerprint density at radius 1 is 1.07 bits per heavy atom. The number of aromatic nitrogens is 2. The van der Waals surface area contributed by atoms with Crippen molar-refractivity contribution in [3.8, 4) is 11.4 Å². The second-order valence-electron chi connectivity index (χ2n) is 10.0. The summed E-state index contributed by atoms with van der Waals surface area (Å²) in [6.07, 6.45) is -0.710. The zero-order valence-corrected chi connectivity index (χ0v) is 23.7. The van der Waals surface area contributed by atoms with Crippen molar-refractivity contribution in [2.45, 2.75) is 31.4 Å². The fourth-order valence-corrected chi connectivity index (χ4v) is 5.48. The number of carbonyl (C=O) groups is 3. The van der Waals surface area contributed by atoms with Crippen molar-refractivity contribution in [3.05, 3.63) is 42.1 Å². The maximum absolute atomic E-state index is 13.6. The molecule has 1 aromatic heterocycles. The lowest BCUT2D eigenvalue weighted by molar-refractivity contribution is -0.135. The second-order valence-corrected chi connectivity index (χ2v) is 11.8. The first-order chi connectivity index (χ1) is 19.5. The van der Waals surface area contributed by atoms with Gasteiger partial charge in [-0.25, -0.2) is 14.8 Å². The Kier molecular flexibility index (Phi) is 9.92. The average Bonchev–Trinajstić information content (AvgIpc) is 3.45. The van der Waals surface area contributed by atoms with Crippen LogP contribution in [-0.2, 0) is 14.1 Å². The minimum Gasteiger partial charge on any atom is -0.465 e. The number of piperazine rings is 1. The van der Waals surface area contributed by atoms with E-state index in [0.717, 1.165) is 6.42 Å². The van der Waals surface area contributed by atoms with E-state index >= 15 is 0 Å². The second kappa shape index (κ2) is 13.4. The van der Waals surface area contributed by atoms with Crippen LogP contribution in [0.15, 0.2) is 36.4 Å². The third-order valence-corrected chi connectivity index (χ3v) is 8.09. The summed E-state index contributed by atoms with van der Waals surface area (Å²) < 4.78 is 16.9. The van der Waals surface area contributed by atoms with Crippen molar-refractivity contribution in [2.75, 3.05) is 57.4 Å². The number of carboxylic acid groups (broad SMARTS) is 1. The van der Waals surface area contributed by atoms with Gasteiger partial charge in [-0.15, -0.1) is 0 Å². The molecule has 4 rings (SSSR count). The van der Waals surface area contributed by atoms with Crippen LogP contribution in [-0.4, -0.2) is 117 Å². The van der Waals surface area contributed by atoms with Gasteiger partial charge in [0.25, 0.3) is 5.91 Å². The molecule has 2 aromatic rings. The highest BCUT2D eigenvalue weighted by molar-refractivity contribution is 7.51. The predicted molar refractivity (Wildman–Crippen MR) is 149 cm³/mol. The van der Waals surface area contributed by atoms with Crippen LogP contribution >= 0.6 is 7.60 Å². The van der Waals surface area contributed by atoms with Gasteiger partial charge in [-0.1, -0.05) is 30.3 Å². The maximum atomic E-state index is 13.6. The Labute approximate surface area is 237 Å². The predicted octanol–water partition coefficient (Wildman–Crippen LogP) is 1.25. The zero-order chi connectivity index (χ0) is 29.6. The van der Waals surface area contributed by atoms with Gasteiger partial charge in [-0.2, -0.15) is 0 Å². The molecule has 4 N–H and O–H groups in total. The van der Waals surface area contributed by atoms with E-state index in [1.165, 1.54) is 9.80 Å². The Hall–Kier alpha value is -3.58. The number of hydrogen-bond acceptors (Lipinski definition) is 8. The summed E-state index contributed by atoms with van der Waals surface area (Å²) in [4.78, 5) is 70.7. The molecule has 2 saturated heterocycles. The molecule has 2 atom stereocenters. The highest BCUT2D eigenvalue weighted by atomic mass is 31.2. The minimum atomic E-state index is -4.31. The van der Waals surface area contributed by atoms with Crippen molar-refractivity contribution in [1.82, 2.24) is 25.1 Å². The van der Waals surface area contributed by atoms with E-state index in [1.54, 1.807) is 13.2 Å². The topological polar surface area (TPSA) is 186 Å². The molecule has 0 radical (unpaired) electrons. The third kappa shape index (κ3) is 8.23. The monoisotopic (exact) mass is 590 g/mol. The number of methoxy groups -OCH3 is 1. The fraction of sp³-hybridized carbons (Fsp3) is 0.500. The summed E-state index contributed by atoms with van der Waals surface area (Å²) in [6, 6.07) is 9.65. The van der Waals surface area contributed by atoms with Gasteiger partial charge in [0.05, 0.1) is 6.10 Å². The van der Waals surface area contributed by atoms with Gasteiger partial charge in [0.1, 0.15) is 17.6 Å². The molecule has 2 aliphatic heterocycles.